The second kappa shape index (κ2) is 3.69. The monoisotopic (exact) mass is 248 g/mol. The van der Waals surface area contributed by atoms with Crippen LogP contribution in [0.1, 0.15) is 39.5 Å². The third kappa shape index (κ3) is 1.30. The molecule has 1 aliphatic heterocycles. The normalized spacial score (nSPS) is 47.6. The van der Waals surface area contributed by atoms with E-state index in [0.29, 0.717) is 23.8 Å². The van der Waals surface area contributed by atoms with Crippen LogP contribution in [0, 0.1) is 23.2 Å². The van der Waals surface area contributed by atoms with Crippen molar-refractivity contribution in [3.05, 3.63) is 12.2 Å². The lowest BCUT2D eigenvalue weighted by Gasteiger charge is -2.36. The van der Waals surface area contributed by atoms with E-state index in [9.17, 15) is 9.59 Å². The molecule has 3 fully saturated rings. The lowest BCUT2D eigenvalue weighted by Crippen LogP contribution is -2.44. The largest absolute Gasteiger partial charge is 0.457 e. The Hall–Kier alpha value is -1.12. The Labute approximate surface area is 108 Å². The fraction of sp³-hybridized carbons (Fsp3) is 0.733. The molecule has 98 valence electrons. The molecule has 0 amide bonds. The van der Waals surface area contributed by atoms with E-state index in [-0.39, 0.29) is 23.8 Å². The van der Waals surface area contributed by atoms with E-state index in [0.717, 1.165) is 19.3 Å². The molecule has 2 aliphatic carbocycles. The third-order valence-corrected chi connectivity index (χ3v) is 5.57. The average molecular weight is 248 g/mol. The minimum atomic E-state index is -0.477. The van der Waals surface area contributed by atoms with Crippen molar-refractivity contribution in [3.8, 4) is 0 Å². The van der Waals surface area contributed by atoms with E-state index < -0.39 is 5.41 Å². The van der Waals surface area contributed by atoms with E-state index in [2.05, 4.69) is 13.5 Å². The van der Waals surface area contributed by atoms with Gasteiger partial charge in [-0.3, -0.25) is 4.79 Å². The van der Waals surface area contributed by atoms with Gasteiger partial charge in [-0.05, 0) is 38.0 Å². The maximum absolute atomic E-state index is 12.4. The summed E-state index contributed by atoms with van der Waals surface area (Å²) >= 11 is 0. The minimum Gasteiger partial charge on any atom is -0.457 e. The Morgan fingerprint density at radius 2 is 2.00 bits per heavy atom. The number of hydrogen-bond donors (Lipinski definition) is 0. The zero-order valence-corrected chi connectivity index (χ0v) is 11.1. The number of carbonyl (C=O) groups excluding carboxylic acids is 2. The molecule has 3 rings (SSSR count). The van der Waals surface area contributed by atoms with Crippen LogP contribution in [0.3, 0.4) is 0 Å². The van der Waals surface area contributed by atoms with Crippen LogP contribution in [0.25, 0.3) is 0 Å². The predicted octanol–water partition coefficient (Wildman–Crippen LogP) is 2.50. The van der Waals surface area contributed by atoms with Crippen LogP contribution >= 0.6 is 0 Å². The summed E-state index contributed by atoms with van der Waals surface area (Å²) in [4.78, 5) is 24.1. The molecule has 1 heterocycles. The molecule has 3 heteroatoms. The molecule has 2 saturated carbocycles. The number of hydrogen-bond acceptors (Lipinski definition) is 3. The van der Waals surface area contributed by atoms with E-state index in [4.69, 9.17) is 4.74 Å². The van der Waals surface area contributed by atoms with E-state index >= 15 is 0 Å². The van der Waals surface area contributed by atoms with Crippen LogP contribution in [0.15, 0.2) is 12.2 Å². The first-order chi connectivity index (χ1) is 8.46. The highest BCUT2D eigenvalue weighted by Gasteiger charge is 2.60. The van der Waals surface area contributed by atoms with Crippen LogP contribution in [-0.4, -0.2) is 17.9 Å². The first-order valence-corrected chi connectivity index (χ1v) is 6.89. The summed E-state index contributed by atoms with van der Waals surface area (Å²) in [7, 11) is 0. The summed E-state index contributed by atoms with van der Waals surface area (Å²) < 4.78 is 5.53. The number of esters is 1. The fourth-order valence-electron chi connectivity index (χ4n) is 4.42. The van der Waals surface area contributed by atoms with Gasteiger partial charge >= 0.3 is 5.97 Å². The molecule has 18 heavy (non-hydrogen) atoms. The second-order valence-electron chi connectivity index (χ2n) is 6.36. The predicted molar refractivity (Wildman–Crippen MR) is 66.7 cm³/mol. The van der Waals surface area contributed by atoms with Gasteiger partial charge in [-0.25, -0.2) is 4.79 Å². The van der Waals surface area contributed by atoms with Crippen molar-refractivity contribution in [2.45, 2.75) is 45.6 Å². The van der Waals surface area contributed by atoms with Gasteiger partial charge in [-0.15, -0.1) is 0 Å². The van der Waals surface area contributed by atoms with Gasteiger partial charge < -0.3 is 4.74 Å². The Morgan fingerprint density at radius 1 is 1.28 bits per heavy atom. The van der Waals surface area contributed by atoms with Gasteiger partial charge in [0.25, 0.3) is 0 Å². The van der Waals surface area contributed by atoms with Crippen LogP contribution in [-0.2, 0) is 14.3 Å². The number of Topliss-reactive ketones (excluding diaryl/α,β-unsaturated/α-hetero) is 1. The standard InChI is InChI=1S/C15H20O3/c1-8-4-5-10-9(2)14(17)18-13(10)15(3)11(8)6-7-12(15)16/h8,10-11,13H,2,4-7H2,1,3H3/t8-,10?,11?,13?,15-/m0/s1. The SMILES string of the molecule is C=C1C(=O)OC2C1CC[C@H](C)C1CCC(=O)[C@@]21C. The number of rotatable bonds is 0. The summed E-state index contributed by atoms with van der Waals surface area (Å²) in [6, 6.07) is 0. The highest BCUT2D eigenvalue weighted by molar-refractivity contribution is 5.94. The van der Waals surface area contributed by atoms with Crippen LogP contribution in [0.2, 0.25) is 0 Å². The molecule has 3 unspecified atom stereocenters. The molecule has 0 radical (unpaired) electrons. The van der Waals surface area contributed by atoms with Crippen molar-refractivity contribution in [2.24, 2.45) is 23.2 Å². The molecule has 0 spiro atoms. The maximum Gasteiger partial charge on any atom is 0.334 e. The van der Waals surface area contributed by atoms with Crippen LogP contribution < -0.4 is 0 Å². The van der Waals surface area contributed by atoms with E-state index in [1.54, 1.807) is 0 Å². The molecule has 0 aromatic carbocycles. The van der Waals surface area contributed by atoms with Crippen molar-refractivity contribution in [3.63, 3.8) is 0 Å². The number of ether oxygens (including phenoxy) is 1. The van der Waals surface area contributed by atoms with Gasteiger partial charge in [0, 0.05) is 17.9 Å². The van der Waals surface area contributed by atoms with Gasteiger partial charge in [0.2, 0.25) is 0 Å². The van der Waals surface area contributed by atoms with Crippen molar-refractivity contribution in [2.75, 3.05) is 0 Å². The smallest absolute Gasteiger partial charge is 0.334 e. The molecule has 1 saturated heterocycles. The molecule has 3 nitrogen and oxygen atoms in total. The molecular weight excluding hydrogens is 228 g/mol. The molecule has 0 aromatic heterocycles. The second-order valence-corrected chi connectivity index (χ2v) is 6.36. The number of carbonyl (C=O) groups is 2. The van der Waals surface area contributed by atoms with Gasteiger partial charge in [0.1, 0.15) is 11.9 Å². The lowest BCUT2D eigenvalue weighted by atomic mass is 9.68. The van der Waals surface area contributed by atoms with Gasteiger partial charge in [-0.1, -0.05) is 13.5 Å². The molecular formula is C15H20O3. The van der Waals surface area contributed by atoms with Crippen molar-refractivity contribution >= 4 is 11.8 Å². The molecule has 3 aliphatic rings. The van der Waals surface area contributed by atoms with Gasteiger partial charge in [0.15, 0.2) is 0 Å². The Bertz CT molecular complexity index is 439. The van der Waals surface area contributed by atoms with Crippen LogP contribution in [0.5, 0.6) is 0 Å². The molecule has 0 N–H and O–H groups in total. The molecule has 0 aromatic rings. The van der Waals surface area contributed by atoms with Crippen LogP contribution in [0.4, 0.5) is 0 Å². The Kier molecular flexibility index (Phi) is 2.45. The maximum atomic E-state index is 12.4. The third-order valence-electron chi connectivity index (χ3n) is 5.57. The van der Waals surface area contributed by atoms with Gasteiger partial charge in [-0.2, -0.15) is 0 Å². The number of fused-ring (bicyclic) bond motifs is 3. The van der Waals surface area contributed by atoms with Crippen molar-refractivity contribution in [1.82, 2.24) is 0 Å². The highest BCUT2D eigenvalue weighted by Crippen LogP contribution is 2.56. The zero-order valence-electron chi connectivity index (χ0n) is 11.1. The summed E-state index contributed by atoms with van der Waals surface area (Å²) in [6.07, 6.45) is 3.31. The molecule has 5 atom stereocenters. The fourth-order valence-corrected chi connectivity index (χ4v) is 4.42. The Morgan fingerprint density at radius 3 is 2.72 bits per heavy atom. The first-order valence-electron chi connectivity index (χ1n) is 6.89. The quantitative estimate of drug-likeness (QED) is 0.488. The van der Waals surface area contributed by atoms with Crippen molar-refractivity contribution < 1.29 is 14.3 Å². The summed E-state index contributed by atoms with van der Waals surface area (Å²) in [5, 5.41) is 0. The first kappa shape index (κ1) is 11.9. The summed E-state index contributed by atoms with van der Waals surface area (Å²) in [6.45, 7) is 8.11. The zero-order chi connectivity index (χ0) is 13.1. The van der Waals surface area contributed by atoms with Gasteiger partial charge in [0.05, 0.1) is 5.41 Å². The van der Waals surface area contributed by atoms with E-state index in [1.807, 2.05) is 6.92 Å². The topological polar surface area (TPSA) is 43.4 Å². The highest BCUT2D eigenvalue weighted by atomic mass is 16.6. The summed E-state index contributed by atoms with van der Waals surface area (Å²) in [5.41, 5.74) is 0.101. The lowest BCUT2D eigenvalue weighted by molar-refractivity contribution is -0.151. The van der Waals surface area contributed by atoms with E-state index in [1.165, 1.54) is 0 Å². The Balaban J connectivity index is 2.07. The van der Waals surface area contributed by atoms with Crippen molar-refractivity contribution in [1.29, 1.82) is 0 Å². The average Bonchev–Trinajstić information content (AvgIpc) is 2.75. The number of ketones is 1. The minimum absolute atomic E-state index is 0.0528. The molecule has 0 bridgehead atoms. The summed E-state index contributed by atoms with van der Waals surface area (Å²) in [5.74, 6) is 0.923.